The van der Waals surface area contributed by atoms with Crippen molar-refractivity contribution < 1.29 is 19.1 Å². The van der Waals surface area contributed by atoms with Crippen LogP contribution in [0, 0.1) is 5.41 Å². The van der Waals surface area contributed by atoms with Crippen molar-refractivity contribution in [1.29, 1.82) is 0 Å². The Labute approximate surface area is 181 Å². The molecule has 0 bridgehead atoms. The summed E-state index contributed by atoms with van der Waals surface area (Å²) in [5.74, 6) is -1.41. The number of hydrogen-bond acceptors (Lipinski definition) is 5. The van der Waals surface area contributed by atoms with Gasteiger partial charge in [-0.15, -0.1) is 0 Å². The molecule has 4 radical (unpaired) electrons. The summed E-state index contributed by atoms with van der Waals surface area (Å²) in [6.45, 7) is 6.12. The Bertz CT molecular complexity index is 649. The molecule has 1 saturated heterocycles. The summed E-state index contributed by atoms with van der Waals surface area (Å²) in [4.78, 5) is 42.8. The molecule has 27 heavy (non-hydrogen) atoms. The number of aryl methyl sites for hydroxylation is 1. The van der Waals surface area contributed by atoms with Gasteiger partial charge in [0, 0.05) is 51.7 Å². The van der Waals surface area contributed by atoms with Crippen LogP contribution in [0.25, 0.3) is 0 Å². The summed E-state index contributed by atoms with van der Waals surface area (Å²) in [7, 11) is 0. The minimum absolute atomic E-state index is 0. The smallest absolute Gasteiger partial charge is 0.328 e. The fourth-order valence-electron chi connectivity index (χ4n) is 2.93. The van der Waals surface area contributed by atoms with E-state index in [0.29, 0.717) is 38.8 Å². The van der Waals surface area contributed by atoms with Gasteiger partial charge in [-0.1, -0.05) is 26.8 Å². The summed E-state index contributed by atoms with van der Waals surface area (Å²) in [5, 5.41) is 0. The number of nitrogens with zero attached hydrogens (tertiary/aromatic N) is 2. The zero-order valence-corrected chi connectivity index (χ0v) is 20.3. The van der Waals surface area contributed by atoms with Crippen molar-refractivity contribution >= 4 is 45.0 Å². The van der Waals surface area contributed by atoms with Crippen LogP contribution < -0.4 is 0 Å². The number of Topliss-reactive ketones (excluding diaryl/α,β-unsaturated/α-hetero) is 1. The Balaban J connectivity index is 0.00000364. The average molecular weight is 568 g/mol. The van der Waals surface area contributed by atoms with Gasteiger partial charge in [-0.2, -0.15) is 0 Å². The molecule has 146 valence electrons. The van der Waals surface area contributed by atoms with E-state index in [2.05, 4.69) is 4.98 Å². The first-order valence-corrected chi connectivity index (χ1v) is 9.27. The van der Waals surface area contributed by atoms with Crippen LogP contribution in [0.5, 0.6) is 0 Å². The quantitative estimate of drug-likeness (QED) is 0.208. The van der Waals surface area contributed by atoms with Gasteiger partial charge in [-0.25, -0.2) is 4.79 Å². The fraction of sp³-hybridized carbons (Fsp3) is 0.600. The Hall–Kier alpha value is -1.32. The Morgan fingerprint density at radius 1 is 1.33 bits per heavy atom. The fourth-order valence-corrected chi connectivity index (χ4v) is 2.93. The molecule has 2 heterocycles. The summed E-state index contributed by atoms with van der Waals surface area (Å²) >= 11 is 0. The normalized spacial score (nSPS) is 16.6. The number of carbonyl (C=O) groups excluding carboxylic acids is 3. The number of amides is 1. The predicted octanol–water partition coefficient (Wildman–Crippen LogP) is 2.17. The minimum Gasteiger partial charge on any atom is -0.464 e. The second-order valence-corrected chi connectivity index (χ2v) is 7.36. The second-order valence-electron chi connectivity index (χ2n) is 7.36. The maximum Gasteiger partial charge on any atom is 0.328 e. The van der Waals surface area contributed by atoms with Crippen LogP contribution in [0.2, 0.25) is 0 Å². The van der Waals surface area contributed by atoms with Crippen molar-refractivity contribution in [2.45, 2.75) is 58.9 Å². The number of ketones is 1. The van der Waals surface area contributed by atoms with Crippen LogP contribution in [0.3, 0.4) is 0 Å². The predicted molar refractivity (Wildman–Crippen MR) is 103 cm³/mol. The number of carbonyl (C=O) groups is 3. The van der Waals surface area contributed by atoms with Gasteiger partial charge >= 0.3 is 5.97 Å². The van der Waals surface area contributed by atoms with E-state index in [9.17, 15) is 14.4 Å². The summed E-state index contributed by atoms with van der Waals surface area (Å²) in [6.07, 6.45) is 6.82. The Morgan fingerprint density at radius 2 is 2.07 bits per heavy atom. The van der Waals surface area contributed by atoms with Crippen molar-refractivity contribution in [3.8, 4) is 0 Å². The summed E-state index contributed by atoms with van der Waals surface area (Å²) in [6, 6.07) is 3.21. The van der Waals surface area contributed by atoms with E-state index < -0.39 is 29.1 Å². The Morgan fingerprint density at radius 3 is 2.70 bits per heavy atom. The molecule has 1 amide bonds. The molecule has 0 aliphatic carbocycles. The third kappa shape index (κ3) is 6.36. The van der Waals surface area contributed by atoms with Crippen LogP contribution in [0.15, 0.2) is 24.5 Å². The summed E-state index contributed by atoms with van der Waals surface area (Å²) in [5.41, 5.74) is 0.381. The van der Waals surface area contributed by atoms with Crippen molar-refractivity contribution in [1.82, 2.24) is 9.88 Å². The maximum absolute atomic E-state index is 12.5. The van der Waals surface area contributed by atoms with Crippen LogP contribution in [-0.4, -0.2) is 74.0 Å². The van der Waals surface area contributed by atoms with E-state index in [-0.39, 0.29) is 27.3 Å². The average Bonchev–Trinajstić information content (AvgIpc) is 3.14. The standard InChI is InChI=1S/C20H28N2O4.Pb/c1-4-20(2,3)17(23)18(24)22-12-6-10-16(22)19(25)26-13-7-9-15-8-5-11-21-14-15;/h5,8,11,14,16H,4,6-7,9-10,12-13H2,1-3H3;. The van der Waals surface area contributed by atoms with Gasteiger partial charge < -0.3 is 9.64 Å². The van der Waals surface area contributed by atoms with Crippen molar-refractivity contribution in [3.05, 3.63) is 30.1 Å². The number of pyridine rings is 1. The van der Waals surface area contributed by atoms with Crippen LogP contribution in [-0.2, 0) is 25.5 Å². The molecule has 1 atom stereocenters. The van der Waals surface area contributed by atoms with Gasteiger partial charge in [0.05, 0.1) is 6.61 Å². The van der Waals surface area contributed by atoms with Gasteiger partial charge in [-0.05, 0) is 43.7 Å². The van der Waals surface area contributed by atoms with Gasteiger partial charge in [0.15, 0.2) is 0 Å². The summed E-state index contributed by atoms with van der Waals surface area (Å²) < 4.78 is 5.36. The Kier molecular flexibility index (Phi) is 9.55. The largest absolute Gasteiger partial charge is 0.464 e. The number of likely N-dealkylation sites (tertiary alicyclic amines) is 1. The topological polar surface area (TPSA) is 76.6 Å². The van der Waals surface area contributed by atoms with Crippen LogP contribution >= 0.6 is 0 Å². The maximum atomic E-state index is 12.5. The number of aromatic nitrogens is 1. The first-order valence-electron chi connectivity index (χ1n) is 9.27. The van der Waals surface area contributed by atoms with Gasteiger partial charge in [0.2, 0.25) is 5.78 Å². The molecule has 0 N–H and O–H groups in total. The number of ether oxygens (including phenoxy) is 1. The molecule has 0 aromatic carbocycles. The molecule has 1 fully saturated rings. The first kappa shape index (κ1) is 23.7. The zero-order chi connectivity index (χ0) is 19.2. The molecule has 7 heteroatoms. The molecular weight excluding hydrogens is 539 g/mol. The number of hydrogen-bond donors (Lipinski definition) is 0. The monoisotopic (exact) mass is 568 g/mol. The van der Waals surface area contributed by atoms with E-state index >= 15 is 0 Å². The molecule has 2 rings (SSSR count). The second kappa shape index (κ2) is 10.9. The van der Waals surface area contributed by atoms with E-state index in [1.165, 1.54) is 4.90 Å². The molecule has 1 aromatic heterocycles. The molecule has 0 saturated carbocycles. The number of rotatable bonds is 8. The van der Waals surface area contributed by atoms with Gasteiger partial charge in [0.1, 0.15) is 6.04 Å². The van der Waals surface area contributed by atoms with E-state index in [1.807, 2.05) is 19.1 Å². The van der Waals surface area contributed by atoms with E-state index in [0.717, 1.165) is 12.0 Å². The molecule has 6 nitrogen and oxygen atoms in total. The van der Waals surface area contributed by atoms with Gasteiger partial charge in [0.25, 0.3) is 5.91 Å². The molecule has 1 aliphatic rings. The van der Waals surface area contributed by atoms with Gasteiger partial charge in [-0.3, -0.25) is 14.6 Å². The van der Waals surface area contributed by atoms with Crippen molar-refractivity contribution in [3.63, 3.8) is 0 Å². The minimum atomic E-state index is -0.710. The molecule has 1 unspecified atom stereocenters. The SMILES string of the molecule is CCC(C)(C)C(=O)C(=O)N1CCCC1C(=O)OCCCc1cccnc1.[Pb]. The van der Waals surface area contributed by atoms with Crippen molar-refractivity contribution in [2.24, 2.45) is 5.41 Å². The third-order valence-electron chi connectivity index (χ3n) is 5.06. The first-order chi connectivity index (χ1) is 12.4. The zero-order valence-electron chi connectivity index (χ0n) is 16.4. The molecular formula is C20H28N2O4Pb. The van der Waals surface area contributed by atoms with E-state index in [4.69, 9.17) is 4.74 Å². The molecule has 1 aromatic rings. The third-order valence-corrected chi connectivity index (χ3v) is 5.06. The van der Waals surface area contributed by atoms with E-state index in [1.54, 1.807) is 26.2 Å². The van der Waals surface area contributed by atoms with Crippen LogP contribution in [0.1, 0.15) is 52.0 Å². The van der Waals surface area contributed by atoms with Crippen LogP contribution in [0.4, 0.5) is 0 Å². The molecule has 1 aliphatic heterocycles. The van der Waals surface area contributed by atoms with Crippen molar-refractivity contribution in [2.75, 3.05) is 13.2 Å². The number of esters is 1. The molecule has 0 spiro atoms.